The summed E-state index contributed by atoms with van der Waals surface area (Å²) < 4.78 is 16.4. The molecule has 1 aliphatic rings. The summed E-state index contributed by atoms with van der Waals surface area (Å²) in [7, 11) is 1.68. The molecule has 1 fully saturated rings. The molecule has 0 unspecified atom stereocenters. The predicted molar refractivity (Wildman–Crippen MR) is 119 cm³/mol. The molecule has 1 aliphatic heterocycles. The lowest BCUT2D eigenvalue weighted by Gasteiger charge is -2.25. The van der Waals surface area contributed by atoms with Gasteiger partial charge in [0.05, 0.1) is 40.1 Å². The summed E-state index contributed by atoms with van der Waals surface area (Å²) in [5, 5.41) is 6.58. The van der Waals surface area contributed by atoms with Gasteiger partial charge in [-0.1, -0.05) is 18.2 Å². The molecule has 0 bridgehead atoms. The number of guanidine groups is 1. The molecular weight excluding hydrogens is 459 g/mol. The number of nitrogens with zero attached hydrogens (tertiary/aromatic N) is 2. The first-order valence-electron chi connectivity index (χ1n) is 9.35. The standard InChI is InChI=1S/C19H32N4O3.HI/c1-3-20-19(21-8-10-23-11-14-25-15-12-23)22-9-13-26-16-17-6-4-5-7-18(17)24-2;/h4-7H,3,8-16H2,1-2H3,(H2,20,21,22);1H. The van der Waals surface area contributed by atoms with Gasteiger partial charge in [0.25, 0.3) is 0 Å². The lowest BCUT2D eigenvalue weighted by atomic mass is 10.2. The van der Waals surface area contributed by atoms with Crippen LogP contribution in [0, 0.1) is 0 Å². The average Bonchev–Trinajstić information content (AvgIpc) is 2.69. The number of halogens is 1. The van der Waals surface area contributed by atoms with Crippen LogP contribution in [0.5, 0.6) is 5.75 Å². The van der Waals surface area contributed by atoms with Crippen LogP contribution in [0.4, 0.5) is 0 Å². The molecule has 1 aromatic rings. The fraction of sp³-hybridized carbons (Fsp3) is 0.632. The molecule has 154 valence electrons. The maximum absolute atomic E-state index is 5.74. The van der Waals surface area contributed by atoms with Crippen molar-refractivity contribution < 1.29 is 14.2 Å². The monoisotopic (exact) mass is 492 g/mol. The Balaban J connectivity index is 0.00000364. The number of rotatable bonds is 10. The summed E-state index contributed by atoms with van der Waals surface area (Å²) >= 11 is 0. The Bertz CT molecular complexity index is 539. The summed E-state index contributed by atoms with van der Waals surface area (Å²) in [4.78, 5) is 7.01. The maximum Gasteiger partial charge on any atom is 0.191 e. The zero-order valence-corrected chi connectivity index (χ0v) is 18.7. The number of para-hydroxylation sites is 1. The number of nitrogens with one attached hydrogen (secondary N) is 2. The van der Waals surface area contributed by atoms with Crippen molar-refractivity contribution in [2.45, 2.75) is 13.5 Å². The summed E-state index contributed by atoms with van der Waals surface area (Å²) in [6, 6.07) is 7.91. The minimum Gasteiger partial charge on any atom is -0.496 e. The van der Waals surface area contributed by atoms with Crippen LogP contribution in [0.3, 0.4) is 0 Å². The van der Waals surface area contributed by atoms with Crippen LogP contribution in [0.1, 0.15) is 12.5 Å². The van der Waals surface area contributed by atoms with Crippen molar-refractivity contribution in [1.82, 2.24) is 15.5 Å². The van der Waals surface area contributed by atoms with Crippen molar-refractivity contribution >= 4 is 29.9 Å². The minimum absolute atomic E-state index is 0. The Morgan fingerprint density at radius 1 is 1.22 bits per heavy atom. The smallest absolute Gasteiger partial charge is 0.191 e. The Labute approximate surface area is 179 Å². The van der Waals surface area contributed by atoms with E-state index in [2.05, 4.69) is 27.4 Å². The number of aliphatic imine (C=N–C) groups is 1. The van der Waals surface area contributed by atoms with Crippen LogP contribution in [-0.2, 0) is 16.1 Å². The number of ether oxygens (including phenoxy) is 3. The van der Waals surface area contributed by atoms with Crippen LogP contribution in [0.2, 0.25) is 0 Å². The molecule has 2 N–H and O–H groups in total. The molecular formula is C19H33IN4O3. The number of hydrogen-bond donors (Lipinski definition) is 2. The fourth-order valence-corrected chi connectivity index (χ4v) is 2.72. The van der Waals surface area contributed by atoms with Crippen molar-refractivity contribution in [3.05, 3.63) is 29.8 Å². The van der Waals surface area contributed by atoms with Gasteiger partial charge in [-0.25, -0.2) is 0 Å². The summed E-state index contributed by atoms with van der Waals surface area (Å²) in [5.41, 5.74) is 1.06. The van der Waals surface area contributed by atoms with E-state index in [4.69, 9.17) is 14.2 Å². The first-order valence-corrected chi connectivity index (χ1v) is 9.35. The van der Waals surface area contributed by atoms with Crippen molar-refractivity contribution in [3.8, 4) is 5.75 Å². The number of morpholine rings is 1. The zero-order valence-electron chi connectivity index (χ0n) is 16.4. The van der Waals surface area contributed by atoms with E-state index < -0.39 is 0 Å². The quantitative estimate of drug-likeness (QED) is 0.225. The summed E-state index contributed by atoms with van der Waals surface area (Å²) in [5.74, 6) is 1.69. The van der Waals surface area contributed by atoms with Gasteiger partial charge in [0.2, 0.25) is 0 Å². The Morgan fingerprint density at radius 2 is 2.00 bits per heavy atom. The van der Waals surface area contributed by atoms with Gasteiger partial charge in [-0.05, 0) is 13.0 Å². The van der Waals surface area contributed by atoms with E-state index in [-0.39, 0.29) is 24.0 Å². The lowest BCUT2D eigenvalue weighted by molar-refractivity contribution is 0.0394. The van der Waals surface area contributed by atoms with Crippen LogP contribution in [0.25, 0.3) is 0 Å². The molecule has 2 rings (SSSR count). The molecule has 27 heavy (non-hydrogen) atoms. The molecule has 1 saturated heterocycles. The first kappa shape index (κ1) is 23.9. The minimum atomic E-state index is 0. The van der Waals surface area contributed by atoms with Gasteiger partial charge in [-0.3, -0.25) is 9.89 Å². The highest BCUT2D eigenvalue weighted by atomic mass is 127. The van der Waals surface area contributed by atoms with Crippen molar-refractivity contribution in [3.63, 3.8) is 0 Å². The zero-order chi connectivity index (χ0) is 18.5. The van der Waals surface area contributed by atoms with Gasteiger partial charge in [-0.15, -0.1) is 24.0 Å². The molecule has 0 aliphatic carbocycles. The molecule has 1 aromatic carbocycles. The SMILES string of the molecule is CCNC(=NCCN1CCOCC1)NCCOCc1ccccc1OC.I. The summed E-state index contributed by atoms with van der Waals surface area (Å²) in [6.45, 7) is 10.1. The normalized spacial score (nSPS) is 15.1. The molecule has 0 amide bonds. The van der Waals surface area contributed by atoms with E-state index in [1.807, 2.05) is 24.3 Å². The van der Waals surface area contributed by atoms with Gasteiger partial charge < -0.3 is 24.8 Å². The molecule has 0 atom stereocenters. The van der Waals surface area contributed by atoms with E-state index >= 15 is 0 Å². The molecule has 8 heteroatoms. The molecule has 0 saturated carbocycles. The van der Waals surface area contributed by atoms with E-state index in [1.54, 1.807) is 7.11 Å². The number of hydrogen-bond acceptors (Lipinski definition) is 5. The van der Waals surface area contributed by atoms with Crippen LogP contribution >= 0.6 is 24.0 Å². The second kappa shape index (κ2) is 14.9. The molecule has 0 spiro atoms. The van der Waals surface area contributed by atoms with Crippen LogP contribution in [0.15, 0.2) is 29.3 Å². The Hall–Kier alpha value is -1.10. The molecule has 7 nitrogen and oxygen atoms in total. The Kier molecular flexibility index (Phi) is 13.2. The van der Waals surface area contributed by atoms with E-state index in [0.29, 0.717) is 19.8 Å². The largest absolute Gasteiger partial charge is 0.496 e. The van der Waals surface area contributed by atoms with Crippen molar-refractivity contribution in [2.75, 3.05) is 66.2 Å². The second-order valence-electron chi connectivity index (χ2n) is 6.01. The number of benzene rings is 1. The fourth-order valence-electron chi connectivity index (χ4n) is 2.72. The highest BCUT2D eigenvalue weighted by Gasteiger charge is 2.09. The van der Waals surface area contributed by atoms with E-state index in [0.717, 1.165) is 63.2 Å². The van der Waals surface area contributed by atoms with Gasteiger partial charge >= 0.3 is 0 Å². The van der Waals surface area contributed by atoms with Crippen LogP contribution < -0.4 is 15.4 Å². The maximum atomic E-state index is 5.74. The third kappa shape index (κ3) is 9.59. The lowest BCUT2D eigenvalue weighted by Crippen LogP contribution is -2.41. The van der Waals surface area contributed by atoms with Gasteiger partial charge in [-0.2, -0.15) is 0 Å². The van der Waals surface area contributed by atoms with E-state index in [9.17, 15) is 0 Å². The Morgan fingerprint density at radius 3 is 2.74 bits per heavy atom. The van der Waals surface area contributed by atoms with Crippen molar-refractivity contribution in [2.24, 2.45) is 4.99 Å². The van der Waals surface area contributed by atoms with Gasteiger partial charge in [0.15, 0.2) is 5.96 Å². The van der Waals surface area contributed by atoms with Crippen LogP contribution in [-0.4, -0.2) is 77.1 Å². The molecule has 0 aromatic heterocycles. The topological polar surface area (TPSA) is 67.4 Å². The summed E-state index contributed by atoms with van der Waals surface area (Å²) in [6.07, 6.45) is 0. The highest BCUT2D eigenvalue weighted by molar-refractivity contribution is 14.0. The third-order valence-corrected chi connectivity index (χ3v) is 4.12. The third-order valence-electron chi connectivity index (χ3n) is 4.12. The van der Waals surface area contributed by atoms with Crippen molar-refractivity contribution in [1.29, 1.82) is 0 Å². The number of methoxy groups -OCH3 is 1. The predicted octanol–water partition coefficient (Wildman–Crippen LogP) is 1.72. The highest BCUT2D eigenvalue weighted by Crippen LogP contribution is 2.17. The van der Waals surface area contributed by atoms with Gasteiger partial charge in [0.1, 0.15) is 5.75 Å². The second-order valence-corrected chi connectivity index (χ2v) is 6.01. The van der Waals surface area contributed by atoms with Gasteiger partial charge in [0, 0.05) is 38.3 Å². The van der Waals surface area contributed by atoms with E-state index in [1.165, 1.54) is 0 Å². The first-order chi connectivity index (χ1) is 12.8. The molecule has 1 heterocycles. The average molecular weight is 492 g/mol. The molecule has 0 radical (unpaired) electrons.